The van der Waals surface area contributed by atoms with E-state index in [0.29, 0.717) is 32.4 Å². The Morgan fingerprint density at radius 1 is 1.47 bits per heavy atom. The zero-order chi connectivity index (χ0) is 11.3. The number of rotatable bonds is 4. The monoisotopic (exact) mass is 213 g/mol. The molecule has 1 aliphatic heterocycles. The molecule has 1 atom stereocenters. The molecule has 4 nitrogen and oxygen atoms in total. The molecule has 0 bridgehead atoms. The zero-order valence-corrected chi connectivity index (χ0v) is 9.49. The minimum absolute atomic E-state index is 0.125. The Morgan fingerprint density at radius 2 is 2.07 bits per heavy atom. The van der Waals surface area contributed by atoms with Gasteiger partial charge in [-0.2, -0.15) is 0 Å². The van der Waals surface area contributed by atoms with Crippen molar-refractivity contribution in [3.8, 4) is 0 Å². The minimum atomic E-state index is 0.125. The van der Waals surface area contributed by atoms with Crippen LogP contribution in [-0.4, -0.2) is 42.9 Å². The minimum Gasteiger partial charge on any atom is -0.382 e. The van der Waals surface area contributed by atoms with Crippen LogP contribution in [0.2, 0.25) is 0 Å². The van der Waals surface area contributed by atoms with E-state index in [9.17, 15) is 9.59 Å². The van der Waals surface area contributed by atoms with Crippen LogP contribution in [0.1, 0.15) is 32.6 Å². The summed E-state index contributed by atoms with van der Waals surface area (Å²) in [5.41, 5.74) is 0. The van der Waals surface area contributed by atoms with Gasteiger partial charge in [0.1, 0.15) is 5.78 Å². The molecule has 0 spiro atoms. The summed E-state index contributed by atoms with van der Waals surface area (Å²) in [5.74, 6) is 0.413. The molecule has 0 aliphatic carbocycles. The third kappa shape index (κ3) is 4.00. The lowest BCUT2D eigenvalue weighted by Crippen LogP contribution is -2.38. The number of ether oxygens (including phenoxy) is 1. The molecule has 0 aromatic heterocycles. The zero-order valence-electron chi connectivity index (χ0n) is 9.49. The molecule has 1 heterocycles. The van der Waals surface area contributed by atoms with Crippen LogP contribution in [0, 0.1) is 0 Å². The molecule has 0 aromatic rings. The molecule has 4 heteroatoms. The van der Waals surface area contributed by atoms with E-state index in [4.69, 9.17) is 4.74 Å². The highest BCUT2D eigenvalue weighted by Crippen LogP contribution is 2.09. The van der Waals surface area contributed by atoms with Gasteiger partial charge in [0.2, 0.25) is 5.91 Å². The molecule has 0 aromatic carbocycles. The normalized spacial score (nSPS) is 19.1. The SMILES string of the molecule is COC(C)CCC(=O)N1CCC(=O)CC1. The lowest BCUT2D eigenvalue weighted by molar-refractivity contribution is -0.135. The van der Waals surface area contributed by atoms with E-state index < -0.39 is 0 Å². The van der Waals surface area contributed by atoms with Crippen LogP contribution in [0.4, 0.5) is 0 Å². The first-order valence-corrected chi connectivity index (χ1v) is 5.45. The summed E-state index contributed by atoms with van der Waals surface area (Å²) in [7, 11) is 1.65. The molecule has 1 aliphatic rings. The van der Waals surface area contributed by atoms with Crippen LogP contribution >= 0.6 is 0 Å². The van der Waals surface area contributed by atoms with Gasteiger partial charge in [0.05, 0.1) is 6.10 Å². The Kier molecular flexibility index (Phi) is 4.75. The maximum atomic E-state index is 11.7. The lowest BCUT2D eigenvalue weighted by atomic mass is 10.1. The Morgan fingerprint density at radius 3 is 2.60 bits per heavy atom. The number of piperidine rings is 1. The first kappa shape index (κ1) is 12.2. The quantitative estimate of drug-likeness (QED) is 0.699. The van der Waals surface area contributed by atoms with Gasteiger partial charge in [-0.1, -0.05) is 0 Å². The summed E-state index contributed by atoms with van der Waals surface area (Å²) in [5, 5.41) is 0. The third-order valence-electron chi connectivity index (χ3n) is 2.84. The smallest absolute Gasteiger partial charge is 0.222 e. The lowest BCUT2D eigenvalue weighted by Gasteiger charge is -2.26. The number of hydrogen-bond acceptors (Lipinski definition) is 3. The van der Waals surface area contributed by atoms with Crippen LogP contribution in [0.15, 0.2) is 0 Å². The number of Topliss-reactive ketones (excluding diaryl/α,β-unsaturated/α-hetero) is 1. The number of hydrogen-bond donors (Lipinski definition) is 0. The molecule has 1 unspecified atom stereocenters. The largest absolute Gasteiger partial charge is 0.382 e. The highest BCUT2D eigenvalue weighted by atomic mass is 16.5. The highest BCUT2D eigenvalue weighted by molar-refractivity contribution is 5.83. The van der Waals surface area contributed by atoms with E-state index in [2.05, 4.69) is 0 Å². The Bertz CT molecular complexity index is 230. The van der Waals surface area contributed by atoms with E-state index in [1.807, 2.05) is 6.92 Å². The van der Waals surface area contributed by atoms with Crippen LogP contribution < -0.4 is 0 Å². The van der Waals surface area contributed by atoms with Gasteiger partial charge >= 0.3 is 0 Å². The number of likely N-dealkylation sites (tertiary alicyclic amines) is 1. The number of ketones is 1. The fourth-order valence-electron chi connectivity index (χ4n) is 1.61. The number of nitrogens with zero attached hydrogens (tertiary/aromatic N) is 1. The Labute approximate surface area is 90.6 Å². The van der Waals surface area contributed by atoms with Crippen molar-refractivity contribution in [1.82, 2.24) is 4.90 Å². The van der Waals surface area contributed by atoms with Crippen molar-refractivity contribution < 1.29 is 14.3 Å². The van der Waals surface area contributed by atoms with Crippen LogP contribution in [0.5, 0.6) is 0 Å². The topological polar surface area (TPSA) is 46.6 Å². The van der Waals surface area contributed by atoms with Crippen molar-refractivity contribution in [2.75, 3.05) is 20.2 Å². The van der Waals surface area contributed by atoms with Gasteiger partial charge in [0, 0.05) is 39.5 Å². The average Bonchev–Trinajstić information content (AvgIpc) is 2.26. The molecule has 0 saturated carbocycles. The standard InChI is InChI=1S/C11H19NO3/c1-9(15-2)3-4-11(14)12-7-5-10(13)6-8-12/h9H,3-8H2,1-2H3. The summed E-state index contributed by atoms with van der Waals surface area (Å²) < 4.78 is 5.08. The van der Waals surface area contributed by atoms with Gasteiger partial charge in [-0.05, 0) is 13.3 Å². The fraction of sp³-hybridized carbons (Fsp3) is 0.818. The van der Waals surface area contributed by atoms with Crippen molar-refractivity contribution in [3.63, 3.8) is 0 Å². The van der Waals surface area contributed by atoms with Gasteiger partial charge in [0.25, 0.3) is 0 Å². The van der Waals surface area contributed by atoms with Crippen LogP contribution in [-0.2, 0) is 14.3 Å². The third-order valence-corrected chi connectivity index (χ3v) is 2.84. The summed E-state index contributed by atoms with van der Waals surface area (Å²) in [6.07, 6.45) is 2.43. The number of methoxy groups -OCH3 is 1. The number of carbonyl (C=O) groups excluding carboxylic acids is 2. The first-order valence-electron chi connectivity index (χ1n) is 5.45. The summed E-state index contributed by atoms with van der Waals surface area (Å²) in [6.45, 7) is 3.14. The van der Waals surface area contributed by atoms with E-state index in [1.54, 1.807) is 12.0 Å². The van der Waals surface area contributed by atoms with Crippen molar-refractivity contribution in [2.45, 2.75) is 38.7 Å². The predicted octanol–water partition coefficient (Wildman–Crippen LogP) is 0.993. The highest BCUT2D eigenvalue weighted by Gasteiger charge is 2.20. The van der Waals surface area contributed by atoms with Crippen LogP contribution in [0.25, 0.3) is 0 Å². The summed E-state index contributed by atoms with van der Waals surface area (Å²) in [6, 6.07) is 0. The van der Waals surface area contributed by atoms with Crippen molar-refractivity contribution >= 4 is 11.7 Å². The second-order valence-electron chi connectivity index (χ2n) is 4.00. The van der Waals surface area contributed by atoms with Crippen molar-refractivity contribution in [1.29, 1.82) is 0 Å². The van der Waals surface area contributed by atoms with Gasteiger partial charge in [0.15, 0.2) is 0 Å². The van der Waals surface area contributed by atoms with E-state index in [-0.39, 0.29) is 17.8 Å². The molecule has 1 amide bonds. The van der Waals surface area contributed by atoms with Gasteiger partial charge in [-0.3, -0.25) is 9.59 Å². The number of carbonyl (C=O) groups is 2. The van der Waals surface area contributed by atoms with Crippen molar-refractivity contribution in [3.05, 3.63) is 0 Å². The molecule has 0 N–H and O–H groups in total. The van der Waals surface area contributed by atoms with Gasteiger partial charge < -0.3 is 9.64 Å². The average molecular weight is 213 g/mol. The molecule has 1 fully saturated rings. The summed E-state index contributed by atoms with van der Waals surface area (Å²) >= 11 is 0. The van der Waals surface area contributed by atoms with E-state index in [1.165, 1.54) is 0 Å². The second kappa shape index (κ2) is 5.85. The predicted molar refractivity (Wildman–Crippen MR) is 56.5 cm³/mol. The molecule has 15 heavy (non-hydrogen) atoms. The number of amides is 1. The van der Waals surface area contributed by atoms with Crippen LogP contribution in [0.3, 0.4) is 0 Å². The molecule has 1 rings (SSSR count). The molecule has 1 saturated heterocycles. The second-order valence-corrected chi connectivity index (χ2v) is 4.00. The molecular weight excluding hydrogens is 194 g/mol. The molecule has 0 radical (unpaired) electrons. The molecular formula is C11H19NO3. The van der Waals surface area contributed by atoms with Gasteiger partial charge in [-0.15, -0.1) is 0 Å². The summed E-state index contributed by atoms with van der Waals surface area (Å²) in [4.78, 5) is 24.5. The van der Waals surface area contributed by atoms with Crippen molar-refractivity contribution in [2.24, 2.45) is 0 Å². The maximum Gasteiger partial charge on any atom is 0.222 e. The first-order chi connectivity index (χ1) is 7.13. The maximum absolute atomic E-state index is 11.7. The van der Waals surface area contributed by atoms with Gasteiger partial charge in [-0.25, -0.2) is 0 Å². The Balaban J connectivity index is 2.25. The molecule has 86 valence electrons. The Hall–Kier alpha value is -0.900. The van der Waals surface area contributed by atoms with E-state index in [0.717, 1.165) is 6.42 Å². The fourth-order valence-corrected chi connectivity index (χ4v) is 1.61. The van der Waals surface area contributed by atoms with E-state index >= 15 is 0 Å².